The van der Waals surface area contributed by atoms with E-state index in [1.54, 1.807) is 12.1 Å². The van der Waals surface area contributed by atoms with E-state index in [1.807, 2.05) is 0 Å². The molecule has 1 aliphatic rings. The van der Waals surface area contributed by atoms with Gasteiger partial charge >= 0.3 is 5.97 Å². The lowest BCUT2D eigenvalue weighted by atomic mass is 9.80. The number of hydrogen-bond donors (Lipinski definition) is 2. The van der Waals surface area contributed by atoms with Crippen LogP contribution in [-0.4, -0.2) is 46.9 Å². The Kier molecular flexibility index (Phi) is 5.13. The van der Waals surface area contributed by atoms with Gasteiger partial charge in [0.25, 0.3) is 0 Å². The highest BCUT2D eigenvalue weighted by Crippen LogP contribution is 2.30. The number of carboxylic acid groups (broad SMARTS) is 1. The highest BCUT2D eigenvalue weighted by atomic mass is 16.5. The van der Waals surface area contributed by atoms with Gasteiger partial charge in [0.2, 0.25) is 17.6 Å². The fourth-order valence-electron chi connectivity index (χ4n) is 2.67. The van der Waals surface area contributed by atoms with Crippen molar-refractivity contribution >= 4 is 11.9 Å². The fourth-order valence-corrected chi connectivity index (χ4v) is 2.67. The van der Waals surface area contributed by atoms with Crippen molar-refractivity contribution < 1.29 is 28.4 Å². The Balaban J connectivity index is 1.49. The van der Waals surface area contributed by atoms with Crippen molar-refractivity contribution in [3.8, 4) is 11.6 Å². The number of furan rings is 1. The normalized spacial score (nSPS) is 16.5. The minimum Gasteiger partial charge on any atom is -0.481 e. The van der Waals surface area contributed by atoms with Crippen LogP contribution in [0.15, 0.2) is 27.3 Å². The molecule has 0 spiro atoms. The monoisotopic (exact) mass is 349 g/mol. The molecule has 25 heavy (non-hydrogen) atoms. The van der Waals surface area contributed by atoms with Gasteiger partial charge < -0.3 is 24.1 Å². The smallest absolute Gasteiger partial charge is 0.311 e. The molecule has 0 aliphatic carbocycles. The number of aromatic nitrogens is 2. The number of nitrogens with one attached hydrogen (secondary N) is 1. The molecule has 0 radical (unpaired) electrons. The number of ether oxygens (including phenoxy) is 1. The summed E-state index contributed by atoms with van der Waals surface area (Å²) in [5.41, 5.74) is -0.954. The van der Waals surface area contributed by atoms with Crippen LogP contribution in [0.5, 0.6) is 0 Å². The van der Waals surface area contributed by atoms with Gasteiger partial charge in [-0.3, -0.25) is 9.59 Å². The summed E-state index contributed by atoms with van der Waals surface area (Å²) < 4.78 is 15.5. The zero-order valence-electron chi connectivity index (χ0n) is 13.6. The highest BCUT2D eigenvalue weighted by Gasteiger charge is 2.40. The summed E-state index contributed by atoms with van der Waals surface area (Å²) in [6.07, 6.45) is 2.68. The van der Waals surface area contributed by atoms with Crippen molar-refractivity contribution in [1.82, 2.24) is 15.5 Å². The lowest BCUT2D eigenvalue weighted by Gasteiger charge is -2.33. The van der Waals surface area contributed by atoms with Crippen LogP contribution < -0.4 is 5.32 Å². The van der Waals surface area contributed by atoms with Crippen molar-refractivity contribution in [3.63, 3.8) is 0 Å². The van der Waals surface area contributed by atoms with Crippen molar-refractivity contribution in [1.29, 1.82) is 0 Å². The Hall–Kier alpha value is -2.68. The van der Waals surface area contributed by atoms with E-state index in [2.05, 4.69) is 15.5 Å². The van der Waals surface area contributed by atoms with E-state index in [9.17, 15) is 14.7 Å². The average molecular weight is 349 g/mol. The molecule has 1 fully saturated rings. The first kappa shape index (κ1) is 17.2. The van der Waals surface area contributed by atoms with Crippen LogP contribution >= 0.6 is 0 Å². The highest BCUT2D eigenvalue weighted by molar-refractivity contribution is 5.79. The zero-order chi connectivity index (χ0) is 17.7. The third-order valence-corrected chi connectivity index (χ3v) is 4.30. The maximum atomic E-state index is 12.0. The van der Waals surface area contributed by atoms with Gasteiger partial charge in [-0.05, 0) is 25.0 Å². The summed E-state index contributed by atoms with van der Waals surface area (Å²) in [6.45, 7) is 0.866. The van der Waals surface area contributed by atoms with Gasteiger partial charge in [0.05, 0.1) is 11.7 Å². The van der Waals surface area contributed by atoms with Gasteiger partial charge in [0.15, 0.2) is 5.76 Å². The van der Waals surface area contributed by atoms with Crippen molar-refractivity contribution in [2.75, 3.05) is 19.8 Å². The molecule has 0 bridgehead atoms. The molecule has 0 atom stereocenters. The van der Waals surface area contributed by atoms with E-state index in [4.69, 9.17) is 13.7 Å². The SMILES string of the molecule is O=C(CCc1nc(-c2ccco2)no1)NCC1(C(=O)O)CCOCC1. The molecule has 2 aromatic rings. The lowest BCUT2D eigenvalue weighted by Crippen LogP contribution is -2.46. The summed E-state index contributed by atoms with van der Waals surface area (Å²) in [5.74, 6) is -0.0312. The summed E-state index contributed by atoms with van der Waals surface area (Å²) in [6, 6.07) is 3.42. The Morgan fingerprint density at radius 1 is 1.32 bits per heavy atom. The molecule has 0 saturated carbocycles. The van der Waals surface area contributed by atoms with E-state index in [0.717, 1.165) is 0 Å². The molecular formula is C16H19N3O6. The molecule has 3 rings (SSSR count). The first-order valence-electron chi connectivity index (χ1n) is 8.03. The maximum absolute atomic E-state index is 12.0. The molecule has 1 aliphatic heterocycles. The summed E-state index contributed by atoms with van der Waals surface area (Å²) in [4.78, 5) is 27.7. The topological polar surface area (TPSA) is 128 Å². The molecule has 0 aromatic carbocycles. The third-order valence-electron chi connectivity index (χ3n) is 4.30. The fraction of sp³-hybridized carbons (Fsp3) is 0.500. The van der Waals surface area contributed by atoms with E-state index in [-0.39, 0.29) is 25.3 Å². The predicted octanol–water partition coefficient (Wildman–Crippen LogP) is 1.26. The number of carboxylic acids is 1. The summed E-state index contributed by atoms with van der Waals surface area (Å²) in [5, 5.41) is 15.9. The van der Waals surface area contributed by atoms with E-state index in [0.29, 0.717) is 43.5 Å². The van der Waals surface area contributed by atoms with Gasteiger partial charge in [0, 0.05) is 32.6 Å². The maximum Gasteiger partial charge on any atom is 0.311 e. The number of rotatable bonds is 7. The Morgan fingerprint density at radius 2 is 2.12 bits per heavy atom. The van der Waals surface area contributed by atoms with E-state index >= 15 is 0 Å². The van der Waals surface area contributed by atoms with E-state index in [1.165, 1.54) is 6.26 Å². The lowest BCUT2D eigenvalue weighted by molar-refractivity contribution is -0.154. The second-order valence-electron chi connectivity index (χ2n) is 5.96. The summed E-state index contributed by atoms with van der Waals surface area (Å²) in [7, 11) is 0. The minimum absolute atomic E-state index is 0.0893. The molecule has 2 aromatic heterocycles. The number of aliphatic carboxylic acids is 1. The van der Waals surface area contributed by atoms with Crippen LogP contribution in [-0.2, 0) is 20.7 Å². The zero-order valence-corrected chi connectivity index (χ0v) is 13.6. The van der Waals surface area contributed by atoms with Gasteiger partial charge in [0.1, 0.15) is 0 Å². The molecule has 9 heteroatoms. The molecule has 2 N–H and O–H groups in total. The molecule has 3 heterocycles. The standard InChI is InChI=1S/C16H19N3O6/c20-12(17-10-16(15(21)22)5-8-23-9-6-16)3-4-13-18-14(19-25-13)11-2-1-7-24-11/h1-2,7H,3-6,8-10H2,(H,17,20)(H,21,22). The van der Waals surface area contributed by atoms with Crippen molar-refractivity contribution in [2.45, 2.75) is 25.7 Å². The van der Waals surface area contributed by atoms with Gasteiger partial charge in [-0.1, -0.05) is 5.16 Å². The van der Waals surface area contributed by atoms with Gasteiger partial charge in [-0.2, -0.15) is 4.98 Å². The quantitative estimate of drug-likeness (QED) is 0.764. The molecule has 134 valence electrons. The second kappa shape index (κ2) is 7.47. The number of hydrogen-bond acceptors (Lipinski definition) is 7. The van der Waals surface area contributed by atoms with Crippen LogP contribution in [0.1, 0.15) is 25.2 Å². The molecule has 9 nitrogen and oxygen atoms in total. The van der Waals surface area contributed by atoms with Crippen molar-refractivity contribution in [3.05, 3.63) is 24.3 Å². The number of carbonyl (C=O) groups is 2. The van der Waals surface area contributed by atoms with Gasteiger partial charge in [-0.15, -0.1) is 0 Å². The Labute approximate surface area is 143 Å². The van der Waals surface area contributed by atoms with Gasteiger partial charge in [-0.25, -0.2) is 0 Å². The second-order valence-corrected chi connectivity index (χ2v) is 5.96. The first-order valence-corrected chi connectivity index (χ1v) is 8.03. The average Bonchev–Trinajstić information content (AvgIpc) is 3.30. The number of amides is 1. The number of aryl methyl sites for hydroxylation is 1. The van der Waals surface area contributed by atoms with Crippen LogP contribution in [0.3, 0.4) is 0 Å². The summed E-state index contributed by atoms with van der Waals surface area (Å²) >= 11 is 0. The number of carbonyl (C=O) groups excluding carboxylic acids is 1. The third kappa shape index (κ3) is 4.05. The van der Waals surface area contributed by atoms with Crippen molar-refractivity contribution in [2.24, 2.45) is 5.41 Å². The predicted molar refractivity (Wildman–Crippen MR) is 83.5 cm³/mol. The Bertz CT molecular complexity index is 718. The first-order chi connectivity index (χ1) is 12.1. The van der Waals surface area contributed by atoms with E-state index < -0.39 is 11.4 Å². The molecule has 1 saturated heterocycles. The molecular weight excluding hydrogens is 330 g/mol. The van der Waals surface area contributed by atoms with Crippen LogP contribution in [0.4, 0.5) is 0 Å². The number of nitrogens with zero attached hydrogens (tertiary/aromatic N) is 2. The van der Waals surface area contributed by atoms with Crippen LogP contribution in [0.2, 0.25) is 0 Å². The molecule has 1 amide bonds. The van der Waals surface area contributed by atoms with Crippen LogP contribution in [0.25, 0.3) is 11.6 Å². The van der Waals surface area contributed by atoms with Crippen LogP contribution in [0, 0.1) is 5.41 Å². The molecule has 0 unspecified atom stereocenters. The largest absolute Gasteiger partial charge is 0.481 e. The minimum atomic E-state index is -0.954. The Morgan fingerprint density at radius 3 is 2.80 bits per heavy atom.